The number of carboxylic acids is 1. The molecule has 0 spiro atoms. The number of aromatic nitrogens is 1. The van der Waals surface area contributed by atoms with Crippen LogP contribution < -0.4 is 5.32 Å². The first-order valence-electron chi connectivity index (χ1n) is 7.69. The van der Waals surface area contributed by atoms with Gasteiger partial charge in [0.25, 0.3) is 5.91 Å². The van der Waals surface area contributed by atoms with E-state index in [0.717, 1.165) is 25.1 Å². The number of carbonyl (C=O) groups is 2. The highest BCUT2D eigenvalue weighted by molar-refractivity contribution is 7.11. The summed E-state index contributed by atoms with van der Waals surface area (Å²) in [6.07, 6.45) is 4.11. The number of carboxylic acid groups (broad SMARTS) is 1. The average Bonchev–Trinajstić information content (AvgIpc) is 3.11. The van der Waals surface area contributed by atoms with Gasteiger partial charge in [-0.05, 0) is 38.5 Å². The summed E-state index contributed by atoms with van der Waals surface area (Å²) in [5, 5.41) is 12.1. The second-order valence-corrected chi connectivity index (χ2v) is 7.18. The maximum absolute atomic E-state index is 12.1. The van der Waals surface area contributed by atoms with Crippen LogP contribution >= 0.6 is 11.3 Å². The average molecular weight is 323 g/mol. The highest BCUT2D eigenvalue weighted by Crippen LogP contribution is 2.33. The molecule has 2 N–H and O–H groups in total. The van der Waals surface area contributed by atoms with Crippen LogP contribution in [0.3, 0.4) is 0 Å². The quantitative estimate of drug-likeness (QED) is 0.795. The summed E-state index contributed by atoms with van der Waals surface area (Å²) in [4.78, 5) is 29.9. The minimum atomic E-state index is -0.770. The molecule has 0 bridgehead atoms. The van der Waals surface area contributed by atoms with Crippen LogP contribution in [0.25, 0.3) is 0 Å². The Morgan fingerprint density at radius 1 is 1.45 bits per heavy atom. The minimum Gasteiger partial charge on any atom is -0.480 e. The number of hydrogen-bond donors (Lipinski definition) is 2. The smallest absolute Gasteiger partial charge is 0.317 e. The lowest BCUT2D eigenvalue weighted by Gasteiger charge is -2.42. The van der Waals surface area contributed by atoms with Crippen molar-refractivity contribution < 1.29 is 14.7 Å². The fraction of sp³-hybridized carbons (Fsp3) is 0.667. The highest BCUT2D eigenvalue weighted by atomic mass is 32.1. The number of nitrogens with one attached hydrogen (secondary N) is 1. The summed E-state index contributed by atoms with van der Waals surface area (Å²) in [6.45, 7) is 2.82. The van der Waals surface area contributed by atoms with Crippen molar-refractivity contribution in [2.75, 3.05) is 13.1 Å². The number of aryl methyl sites for hydroxylation is 1. The number of aliphatic carboxylic acids is 1. The molecule has 2 aliphatic rings. The van der Waals surface area contributed by atoms with Crippen LogP contribution in [-0.4, -0.2) is 52.0 Å². The lowest BCUT2D eigenvalue weighted by molar-refractivity contribution is -0.139. The third kappa shape index (κ3) is 3.64. The summed E-state index contributed by atoms with van der Waals surface area (Å²) in [6, 6.07) is 0.430. The summed E-state index contributed by atoms with van der Waals surface area (Å²) in [7, 11) is 0. The predicted octanol–water partition coefficient (Wildman–Crippen LogP) is 1.51. The molecule has 0 atom stereocenters. The van der Waals surface area contributed by atoms with Gasteiger partial charge in [0, 0.05) is 18.6 Å². The molecule has 1 aromatic heterocycles. The molecule has 1 heterocycles. The van der Waals surface area contributed by atoms with E-state index in [1.54, 1.807) is 5.51 Å². The first-order valence-corrected chi connectivity index (χ1v) is 8.57. The second-order valence-electron chi connectivity index (χ2n) is 6.33. The van der Waals surface area contributed by atoms with Crippen LogP contribution in [-0.2, 0) is 4.79 Å². The van der Waals surface area contributed by atoms with Gasteiger partial charge in [-0.15, -0.1) is 11.3 Å². The molecule has 1 amide bonds. The Hall–Kier alpha value is -1.47. The molecule has 1 aromatic rings. The van der Waals surface area contributed by atoms with Crippen molar-refractivity contribution in [3.8, 4) is 0 Å². The molecule has 0 unspecified atom stereocenters. The van der Waals surface area contributed by atoms with Gasteiger partial charge in [-0.25, -0.2) is 4.98 Å². The SMILES string of the molecule is Cc1ncsc1C(=O)NC1CC(N(CC(=O)O)CC2CC2)C1. The number of nitrogens with zero attached hydrogens (tertiary/aromatic N) is 2. The minimum absolute atomic E-state index is 0.0598. The van der Waals surface area contributed by atoms with E-state index < -0.39 is 5.97 Å². The Balaban J connectivity index is 1.48. The van der Waals surface area contributed by atoms with E-state index in [9.17, 15) is 9.59 Å². The van der Waals surface area contributed by atoms with Crippen molar-refractivity contribution >= 4 is 23.2 Å². The van der Waals surface area contributed by atoms with Gasteiger partial charge >= 0.3 is 5.97 Å². The zero-order valence-corrected chi connectivity index (χ0v) is 13.4. The van der Waals surface area contributed by atoms with Gasteiger partial charge in [-0.2, -0.15) is 0 Å². The highest BCUT2D eigenvalue weighted by Gasteiger charge is 2.38. The fourth-order valence-electron chi connectivity index (χ4n) is 2.92. The summed E-state index contributed by atoms with van der Waals surface area (Å²) in [5.74, 6) is -0.156. The van der Waals surface area contributed by atoms with Gasteiger partial charge < -0.3 is 10.4 Å². The molecular formula is C15H21N3O3S. The van der Waals surface area contributed by atoms with Gasteiger partial charge in [0.05, 0.1) is 17.7 Å². The standard InChI is InChI=1S/C15H21N3O3S/c1-9-14(22-8-16-9)15(21)17-11-4-12(5-11)18(7-13(19)20)6-10-2-3-10/h8,10-12H,2-7H2,1H3,(H,17,21)(H,19,20). The molecule has 2 aliphatic carbocycles. The molecule has 0 radical (unpaired) electrons. The number of thiazole rings is 1. The first kappa shape index (κ1) is 15.4. The topological polar surface area (TPSA) is 82.5 Å². The zero-order valence-electron chi connectivity index (χ0n) is 12.6. The van der Waals surface area contributed by atoms with E-state index in [4.69, 9.17) is 5.11 Å². The van der Waals surface area contributed by atoms with E-state index in [2.05, 4.69) is 15.2 Å². The maximum Gasteiger partial charge on any atom is 0.317 e. The van der Waals surface area contributed by atoms with Crippen molar-refractivity contribution in [2.45, 2.75) is 44.7 Å². The number of hydrogen-bond acceptors (Lipinski definition) is 5. The van der Waals surface area contributed by atoms with E-state index in [0.29, 0.717) is 10.8 Å². The van der Waals surface area contributed by atoms with Gasteiger partial charge in [0.1, 0.15) is 4.88 Å². The van der Waals surface area contributed by atoms with Crippen LogP contribution in [0.2, 0.25) is 0 Å². The van der Waals surface area contributed by atoms with Crippen molar-refractivity contribution in [1.82, 2.24) is 15.2 Å². The molecule has 2 fully saturated rings. The molecule has 6 nitrogen and oxygen atoms in total. The lowest BCUT2D eigenvalue weighted by atomic mass is 9.85. The van der Waals surface area contributed by atoms with Crippen LogP contribution in [0.1, 0.15) is 41.0 Å². The third-order valence-corrected chi connectivity index (χ3v) is 5.37. The Morgan fingerprint density at radius 2 is 2.18 bits per heavy atom. The summed E-state index contributed by atoms with van der Waals surface area (Å²) >= 11 is 1.36. The molecule has 0 aliphatic heterocycles. The van der Waals surface area contributed by atoms with Gasteiger partial charge in [-0.1, -0.05) is 0 Å². The Kier molecular flexibility index (Phi) is 4.44. The Bertz CT molecular complexity index is 564. The maximum atomic E-state index is 12.1. The third-order valence-electron chi connectivity index (χ3n) is 4.44. The Labute approximate surface area is 133 Å². The van der Waals surface area contributed by atoms with Crippen LogP contribution in [0.5, 0.6) is 0 Å². The first-order chi connectivity index (χ1) is 10.5. The molecule has 0 saturated heterocycles. The number of rotatable bonds is 7. The van der Waals surface area contributed by atoms with E-state index in [1.165, 1.54) is 24.2 Å². The Morgan fingerprint density at radius 3 is 2.73 bits per heavy atom. The normalized spacial score (nSPS) is 24.1. The molecule has 120 valence electrons. The van der Waals surface area contributed by atoms with Crippen molar-refractivity contribution in [3.63, 3.8) is 0 Å². The number of amides is 1. The van der Waals surface area contributed by atoms with Crippen LogP contribution in [0.4, 0.5) is 0 Å². The van der Waals surface area contributed by atoms with E-state index in [1.807, 2.05) is 6.92 Å². The monoisotopic (exact) mass is 323 g/mol. The second kappa shape index (κ2) is 6.34. The number of carbonyl (C=O) groups excluding carboxylic acids is 1. The van der Waals surface area contributed by atoms with Crippen LogP contribution in [0.15, 0.2) is 5.51 Å². The van der Waals surface area contributed by atoms with Crippen molar-refractivity contribution in [3.05, 3.63) is 16.1 Å². The van der Waals surface area contributed by atoms with E-state index >= 15 is 0 Å². The largest absolute Gasteiger partial charge is 0.480 e. The molecule has 2 saturated carbocycles. The van der Waals surface area contributed by atoms with Gasteiger partial charge in [0.15, 0.2) is 0 Å². The van der Waals surface area contributed by atoms with Crippen LogP contribution in [0, 0.1) is 12.8 Å². The molecule has 22 heavy (non-hydrogen) atoms. The van der Waals surface area contributed by atoms with Crippen molar-refractivity contribution in [1.29, 1.82) is 0 Å². The fourth-order valence-corrected chi connectivity index (χ4v) is 3.63. The lowest BCUT2D eigenvalue weighted by Crippen LogP contribution is -2.55. The molecular weight excluding hydrogens is 302 g/mol. The molecule has 3 rings (SSSR count). The molecule has 7 heteroatoms. The van der Waals surface area contributed by atoms with Crippen molar-refractivity contribution in [2.24, 2.45) is 5.92 Å². The summed E-state index contributed by atoms with van der Waals surface area (Å²) < 4.78 is 0. The zero-order chi connectivity index (χ0) is 15.7. The molecule has 0 aromatic carbocycles. The van der Waals surface area contributed by atoms with E-state index in [-0.39, 0.29) is 24.5 Å². The summed E-state index contributed by atoms with van der Waals surface area (Å²) in [5.41, 5.74) is 2.44. The predicted molar refractivity (Wildman–Crippen MR) is 83.1 cm³/mol. The van der Waals surface area contributed by atoms with Gasteiger partial charge in [-0.3, -0.25) is 14.5 Å². The van der Waals surface area contributed by atoms with Gasteiger partial charge in [0.2, 0.25) is 0 Å².